The Morgan fingerprint density at radius 1 is 0.897 bits per heavy atom. The lowest BCUT2D eigenvalue weighted by atomic mass is 10.0. The lowest BCUT2D eigenvalue weighted by molar-refractivity contribution is -0.644. The van der Waals surface area contributed by atoms with Crippen LogP contribution in [0.15, 0.2) is 67.1 Å². The second kappa shape index (κ2) is 5.67. The average Bonchev–Trinajstić information content (AvgIpc) is 3.31. The smallest absolute Gasteiger partial charge is 0.287 e. The number of hydrogen-bond acceptors (Lipinski definition) is 1. The number of nitrogens with one attached hydrogen (secondary N) is 1. The van der Waals surface area contributed by atoms with Crippen molar-refractivity contribution in [3.8, 4) is 11.3 Å². The Hall–Kier alpha value is -3.66. The van der Waals surface area contributed by atoms with Crippen LogP contribution >= 0.6 is 0 Å². The number of H-pyrrole nitrogens is 1. The third-order valence-electron chi connectivity index (χ3n) is 6.08. The Labute approximate surface area is 168 Å². The zero-order chi connectivity index (χ0) is 19.7. The second-order valence-electron chi connectivity index (χ2n) is 7.91. The fourth-order valence-corrected chi connectivity index (χ4v) is 4.67. The van der Waals surface area contributed by atoms with Gasteiger partial charge in [0.25, 0.3) is 6.33 Å². The molecule has 3 aromatic heterocycles. The Morgan fingerprint density at radius 2 is 1.66 bits per heavy atom. The molecule has 1 N–H and O–H groups in total. The van der Waals surface area contributed by atoms with Gasteiger partial charge in [-0.25, -0.2) is 4.57 Å². The zero-order valence-corrected chi connectivity index (χ0v) is 16.7. The molecule has 0 aliphatic carbocycles. The van der Waals surface area contributed by atoms with Crippen LogP contribution in [0.5, 0.6) is 0 Å². The molecule has 0 unspecified atom stereocenters. The molecule has 6 aromatic rings. The molecule has 140 valence electrons. The third kappa shape index (κ3) is 2.20. The van der Waals surface area contributed by atoms with Crippen molar-refractivity contribution in [3.05, 3.63) is 78.2 Å². The molecule has 0 fully saturated rings. The maximum absolute atomic E-state index is 4.58. The summed E-state index contributed by atoms with van der Waals surface area (Å²) in [4.78, 5) is 8.30. The maximum atomic E-state index is 4.58. The standard InChI is InChI=1S/C25H20N4/c1-15-7-6-8-16(2)24(15)21-13-29-22-12-23-20(26-14-28(23)3)11-19(22)17-9-4-5-10-18(17)25(29)27-21/h4-14H,1-3H3/p+1. The lowest BCUT2D eigenvalue weighted by Gasteiger charge is -2.07. The summed E-state index contributed by atoms with van der Waals surface area (Å²) in [5, 5.41) is 3.68. The van der Waals surface area contributed by atoms with Gasteiger partial charge in [-0.3, -0.25) is 4.40 Å². The SMILES string of the molecule is Cc1cccc(C)c1-c1cn2c3cc4c(cc3c3ccccc3c2[nH]1)nc[n+]4C. The molecule has 6 rings (SSSR count). The van der Waals surface area contributed by atoms with Crippen LogP contribution in [-0.2, 0) is 7.05 Å². The number of imidazole rings is 2. The van der Waals surface area contributed by atoms with E-state index in [9.17, 15) is 0 Å². The van der Waals surface area contributed by atoms with E-state index >= 15 is 0 Å². The first-order valence-electron chi connectivity index (χ1n) is 9.88. The Bertz CT molecular complexity index is 1560. The fraction of sp³-hybridized carbons (Fsp3) is 0.120. The minimum Gasteiger partial charge on any atom is -0.339 e. The normalized spacial score (nSPS) is 12.0. The summed E-state index contributed by atoms with van der Waals surface area (Å²) >= 11 is 0. The summed E-state index contributed by atoms with van der Waals surface area (Å²) < 4.78 is 4.38. The van der Waals surface area contributed by atoms with Crippen LogP contribution in [0.2, 0.25) is 0 Å². The highest BCUT2D eigenvalue weighted by Gasteiger charge is 2.17. The monoisotopic (exact) mass is 377 g/mol. The van der Waals surface area contributed by atoms with Crippen molar-refractivity contribution in [2.24, 2.45) is 7.05 Å². The van der Waals surface area contributed by atoms with Gasteiger partial charge in [-0.1, -0.05) is 42.5 Å². The largest absolute Gasteiger partial charge is 0.339 e. The van der Waals surface area contributed by atoms with Crippen molar-refractivity contribution in [3.63, 3.8) is 0 Å². The summed E-state index contributed by atoms with van der Waals surface area (Å²) in [6, 6.07) is 19.5. The molecule has 4 heteroatoms. The molecular formula is C25H21N4+. The molecule has 0 amide bonds. The van der Waals surface area contributed by atoms with Gasteiger partial charge in [-0.2, -0.15) is 0 Å². The highest BCUT2D eigenvalue weighted by Crippen LogP contribution is 2.34. The molecule has 0 saturated carbocycles. The first-order chi connectivity index (χ1) is 14.1. The van der Waals surface area contributed by atoms with Crippen LogP contribution in [0.1, 0.15) is 11.1 Å². The van der Waals surface area contributed by atoms with Gasteiger partial charge in [0.2, 0.25) is 5.52 Å². The topological polar surface area (TPSA) is 37.0 Å². The van der Waals surface area contributed by atoms with Gasteiger partial charge in [-0.15, -0.1) is 0 Å². The van der Waals surface area contributed by atoms with E-state index in [1.807, 2.05) is 13.4 Å². The lowest BCUT2D eigenvalue weighted by Crippen LogP contribution is -2.24. The number of pyridine rings is 1. The number of benzene rings is 3. The number of hydrogen-bond donors (Lipinski definition) is 1. The minimum absolute atomic E-state index is 1.02. The maximum Gasteiger partial charge on any atom is 0.287 e. The van der Waals surface area contributed by atoms with Crippen molar-refractivity contribution in [1.82, 2.24) is 14.4 Å². The number of aromatic nitrogens is 4. The molecule has 0 radical (unpaired) electrons. The van der Waals surface area contributed by atoms with E-state index in [2.05, 4.69) is 93.6 Å². The van der Waals surface area contributed by atoms with Crippen LogP contribution in [-0.4, -0.2) is 14.4 Å². The van der Waals surface area contributed by atoms with Gasteiger partial charge >= 0.3 is 0 Å². The van der Waals surface area contributed by atoms with Crippen LogP contribution in [0.3, 0.4) is 0 Å². The van der Waals surface area contributed by atoms with Gasteiger partial charge in [0.15, 0.2) is 5.52 Å². The minimum atomic E-state index is 1.02. The second-order valence-corrected chi connectivity index (χ2v) is 7.91. The molecule has 0 aliphatic rings. The van der Waals surface area contributed by atoms with E-state index in [4.69, 9.17) is 0 Å². The highest BCUT2D eigenvalue weighted by molar-refractivity contribution is 6.14. The summed E-state index contributed by atoms with van der Waals surface area (Å²) in [6.45, 7) is 4.35. The molecule has 0 spiro atoms. The van der Waals surface area contributed by atoms with Gasteiger partial charge in [0.1, 0.15) is 5.65 Å². The molecule has 0 bridgehead atoms. The summed E-state index contributed by atoms with van der Waals surface area (Å²) in [5.74, 6) is 0. The van der Waals surface area contributed by atoms with Crippen LogP contribution in [0.25, 0.3) is 49.6 Å². The Morgan fingerprint density at radius 3 is 2.45 bits per heavy atom. The highest BCUT2D eigenvalue weighted by atomic mass is 15.0. The Kier molecular flexibility index (Phi) is 3.19. The van der Waals surface area contributed by atoms with E-state index < -0.39 is 0 Å². The molecule has 0 saturated heterocycles. The number of fused-ring (bicyclic) bond motifs is 7. The summed E-state index contributed by atoms with van der Waals surface area (Å²) in [7, 11) is 2.04. The quantitative estimate of drug-likeness (QED) is 0.309. The van der Waals surface area contributed by atoms with Crippen molar-refractivity contribution in [1.29, 1.82) is 0 Å². The molecule has 3 aromatic carbocycles. The van der Waals surface area contributed by atoms with Crippen molar-refractivity contribution >= 4 is 38.4 Å². The molecule has 0 aliphatic heterocycles. The molecular weight excluding hydrogens is 356 g/mol. The van der Waals surface area contributed by atoms with Crippen LogP contribution in [0.4, 0.5) is 0 Å². The van der Waals surface area contributed by atoms with Crippen molar-refractivity contribution in [2.45, 2.75) is 13.8 Å². The van der Waals surface area contributed by atoms with Gasteiger partial charge in [-0.05, 0) is 35.3 Å². The zero-order valence-electron chi connectivity index (χ0n) is 16.7. The van der Waals surface area contributed by atoms with E-state index in [1.165, 1.54) is 38.4 Å². The predicted molar refractivity (Wildman–Crippen MR) is 118 cm³/mol. The Balaban J connectivity index is 1.83. The molecule has 4 nitrogen and oxygen atoms in total. The first-order valence-corrected chi connectivity index (χ1v) is 9.88. The van der Waals surface area contributed by atoms with Crippen LogP contribution in [0, 0.1) is 13.8 Å². The third-order valence-corrected chi connectivity index (χ3v) is 6.08. The van der Waals surface area contributed by atoms with E-state index in [0.29, 0.717) is 0 Å². The van der Waals surface area contributed by atoms with E-state index in [1.54, 1.807) is 0 Å². The average molecular weight is 377 g/mol. The molecule has 3 heterocycles. The van der Waals surface area contributed by atoms with Gasteiger partial charge in [0, 0.05) is 34.7 Å². The molecule has 0 atom stereocenters. The van der Waals surface area contributed by atoms with Gasteiger partial charge < -0.3 is 4.98 Å². The van der Waals surface area contributed by atoms with E-state index in [-0.39, 0.29) is 0 Å². The fourth-order valence-electron chi connectivity index (χ4n) is 4.67. The predicted octanol–water partition coefficient (Wildman–Crippen LogP) is 5.23. The number of aromatic amines is 1. The van der Waals surface area contributed by atoms with Gasteiger partial charge in [0.05, 0.1) is 18.3 Å². The molecule has 29 heavy (non-hydrogen) atoms. The van der Waals surface area contributed by atoms with E-state index in [0.717, 1.165) is 22.4 Å². The van der Waals surface area contributed by atoms with Crippen LogP contribution < -0.4 is 4.57 Å². The van der Waals surface area contributed by atoms with Crippen molar-refractivity contribution < 1.29 is 4.57 Å². The number of rotatable bonds is 1. The summed E-state index contributed by atoms with van der Waals surface area (Å²) in [5.41, 5.74) is 9.43. The number of nitrogens with zero attached hydrogens (tertiary/aromatic N) is 3. The summed E-state index contributed by atoms with van der Waals surface area (Å²) in [6.07, 6.45) is 4.12. The first kappa shape index (κ1) is 16.3. The van der Waals surface area contributed by atoms with Crippen molar-refractivity contribution in [2.75, 3.05) is 0 Å². The number of aryl methyl sites for hydroxylation is 3.